The van der Waals surface area contributed by atoms with Crippen molar-refractivity contribution < 1.29 is 10.2 Å². The first-order valence-electron chi connectivity index (χ1n) is 3.72. The Morgan fingerprint density at radius 3 is 2.50 bits per heavy atom. The minimum absolute atomic E-state index is 0.132. The molecular weight excluding hydrogens is 152 g/mol. The standard InChI is InChI=1S/C7H11ClO2/c8-6-3-1-2-4(9)7(10)5(3)6/h3-7,9-10H,1-2H2. The van der Waals surface area contributed by atoms with E-state index in [2.05, 4.69) is 0 Å². The Bertz CT molecular complexity index is 145. The van der Waals surface area contributed by atoms with Crippen molar-refractivity contribution in [2.24, 2.45) is 11.8 Å². The Morgan fingerprint density at radius 1 is 1.20 bits per heavy atom. The van der Waals surface area contributed by atoms with Gasteiger partial charge in [0.05, 0.1) is 12.2 Å². The predicted octanol–water partition coefficient (Wildman–Crippen LogP) is 0.355. The Balaban J connectivity index is 2.05. The van der Waals surface area contributed by atoms with Gasteiger partial charge < -0.3 is 10.2 Å². The first kappa shape index (κ1) is 6.89. The van der Waals surface area contributed by atoms with Gasteiger partial charge in [-0.05, 0) is 18.8 Å². The number of rotatable bonds is 0. The smallest absolute Gasteiger partial charge is 0.0844 e. The second-order valence-electron chi connectivity index (χ2n) is 3.32. The second-order valence-corrected chi connectivity index (χ2v) is 3.82. The lowest BCUT2D eigenvalue weighted by Gasteiger charge is -2.21. The third kappa shape index (κ3) is 0.792. The van der Waals surface area contributed by atoms with E-state index in [1.165, 1.54) is 0 Å². The molecule has 0 aromatic carbocycles. The van der Waals surface area contributed by atoms with Crippen LogP contribution in [0.5, 0.6) is 0 Å². The summed E-state index contributed by atoms with van der Waals surface area (Å²) in [5, 5.41) is 18.6. The fraction of sp³-hybridized carbons (Fsp3) is 1.00. The highest BCUT2D eigenvalue weighted by Crippen LogP contribution is 2.53. The van der Waals surface area contributed by atoms with Crippen LogP contribution in [-0.2, 0) is 0 Å². The summed E-state index contributed by atoms with van der Waals surface area (Å²) < 4.78 is 0. The van der Waals surface area contributed by atoms with Crippen LogP contribution in [0.25, 0.3) is 0 Å². The zero-order chi connectivity index (χ0) is 7.30. The quantitative estimate of drug-likeness (QED) is 0.505. The van der Waals surface area contributed by atoms with E-state index in [0.717, 1.165) is 6.42 Å². The summed E-state index contributed by atoms with van der Waals surface area (Å²) in [6.07, 6.45) is 0.619. The van der Waals surface area contributed by atoms with Crippen molar-refractivity contribution in [2.45, 2.75) is 30.4 Å². The van der Waals surface area contributed by atoms with E-state index in [4.69, 9.17) is 11.6 Å². The molecule has 2 fully saturated rings. The molecule has 0 amide bonds. The molecule has 2 aliphatic carbocycles. The monoisotopic (exact) mass is 162 g/mol. The predicted molar refractivity (Wildman–Crippen MR) is 37.9 cm³/mol. The van der Waals surface area contributed by atoms with E-state index in [1.54, 1.807) is 0 Å². The number of fused-ring (bicyclic) bond motifs is 1. The van der Waals surface area contributed by atoms with Crippen LogP contribution in [-0.4, -0.2) is 27.8 Å². The van der Waals surface area contributed by atoms with E-state index >= 15 is 0 Å². The zero-order valence-corrected chi connectivity index (χ0v) is 6.33. The van der Waals surface area contributed by atoms with Crippen LogP contribution in [0.3, 0.4) is 0 Å². The molecule has 0 heterocycles. The topological polar surface area (TPSA) is 40.5 Å². The van der Waals surface area contributed by atoms with Gasteiger partial charge >= 0.3 is 0 Å². The first-order chi connectivity index (χ1) is 4.72. The maximum absolute atomic E-state index is 9.32. The minimum atomic E-state index is -0.554. The molecule has 0 saturated heterocycles. The molecule has 5 unspecified atom stereocenters. The van der Waals surface area contributed by atoms with Crippen molar-refractivity contribution >= 4 is 11.6 Å². The second kappa shape index (κ2) is 2.10. The molecule has 0 aliphatic heterocycles. The van der Waals surface area contributed by atoms with Crippen molar-refractivity contribution in [3.8, 4) is 0 Å². The van der Waals surface area contributed by atoms with Gasteiger partial charge in [-0.15, -0.1) is 11.6 Å². The van der Waals surface area contributed by atoms with Crippen LogP contribution in [0, 0.1) is 11.8 Å². The molecule has 2 rings (SSSR count). The molecule has 3 heteroatoms. The number of hydrogen-bond acceptors (Lipinski definition) is 2. The Hall–Kier alpha value is 0.210. The summed E-state index contributed by atoms with van der Waals surface area (Å²) in [5.41, 5.74) is 0. The molecule has 2 aliphatic rings. The molecule has 2 nitrogen and oxygen atoms in total. The maximum Gasteiger partial charge on any atom is 0.0844 e. The molecule has 0 bridgehead atoms. The third-order valence-corrected chi connectivity index (χ3v) is 3.33. The summed E-state index contributed by atoms with van der Waals surface area (Å²) in [7, 11) is 0. The van der Waals surface area contributed by atoms with Crippen LogP contribution in [0.1, 0.15) is 12.8 Å². The van der Waals surface area contributed by atoms with Gasteiger partial charge in [0.15, 0.2) is 0 Å². The van der Waals surface area contributed by atoms with Gasteiger partial charge in [-0.3, -0.25) is 0 Å². The molecule has 0 aromatic heterocycles. The molecule has 0 aromatic rings. The van der Waals surface area contributed by atoms with E-state index in [-0.39, 0.29) is 11.3 Å². The van der Waals surface area contributed by atoms with Crippen LogP contribution in [0.4, 0.5) is 0 Å². The van der Waals surface area contributed by atoms with E-state index in [1.807, 2.05) is 0 Å². The maximum atomic E-state index is 9.32. The normalized spacial score (nSPS) is 59.7. The number of alkyl halides is 1. The van der Waals surface area contributed by atoms with Gasteiger partial charge in [-0.2, -0.15) is 0 Å². The average Bonchev–Trinajstić information content (AvgIpc) is 2.54. The number of aliphatic hydroxyl groups excluding tert-OH is 2. The van der Waals surface area contributed by atoms with Gasteiger partial charge in [0, 0.05) is 11.3 Å². The molecule has 5 atom stereocenters. The lowest BCUT2D eigenvalue weighted by molar-refractivity contribution is -0.0172. The fourth-order valence-corrected chi connectivity index (χ4v) is 2.49. The van der Waals surface area contributed by atoms with Gasteiger partial charge in [-0.25, -0.2) is 0 Å². The Kier molecular flexibility index (Phi) is 1.44. The van der Waals surface area contributed by atoms with E-state index in [9.17, 15) is 10.2 Å². The van der Waals surface area contributed by atoms with E-state index in [0.29, 0.717) is 12.3 Å². The van der Waals surface area contributed by atoms with Crippen LogP contribution >= 0.6 is 11.6 Å². The third-order valence-electron chi connectivity index (χ3n) is 2.71. The minimum Gasteiger partial charge on any atom is -0.390 e. The lowest BCUT2D eigenvalue weighted by atomic mass is 9.95. The lowest BCUT2D eigenvalue weighted by Crippen LogP contribution is -2.31. The highest BCUT2D eigenvalue weighted by molar-refractivity contribution is 6.23. The summed E-state index contributed by atoms with van der Waals surface area (Å²) in [6, 6.07) is 0. The zero-order valence-electron chi connectivity index (χ0n) is 5.57. The van der Waals surface area contributed by atoms with Crippen molar-refractivity contribution in [2.75, 3.05) is 0 Å². The first-order valence-corrected chi connectivity index (χ1v) is 4.15. The van der Waals surface area contributed by atoms with Crippen molar-refractivity contribution in [1.29, 1.82) is 0 Å². The van der Waals surface area contributed by atoms with Gasteiger partial charge in [0.25, 0.3) is 0 Å². The Morgan fingerprint density at radius 2 is 1.90 bits per heavy atom. The molecule has 2 N–H and O–H groups in total. The molecule has 0 spiro atoms. The Labute approximate surface area is 64.8 Å². The summed E-state index contributed by atoms with van der Waals surface area (Å²) in [6.45, 7) is 0. The molecule has 10 heavy (non-hydrogen) atoms. The SMILES string of the molecule is OC1CCC2C(Cl)C2C1O. The molecular formula is C7H11ClO2. The van der Waals surface area contributed by atoms with Crippen LogP contribution in [0.15, 0.2) is 0 Å². The van der Waals surface area contributed by atoms with Crippen molar-refractivity contribution in [3.63, 3.8) is 0 Å². The van der Waals surface area contributed by atoms with Gasteiger partial charge in [0.2, 0.25) is 0 Å². The largest absolute Gasteiger partial charge is 0.390 e. The molecule has 0 radical (unpaired) electrons. The highest BCUT2D eigenvalue weighted by atomic mass is 35.5. The molecule has 2 saturated carbocycles. The fourth-order valence-electron chi connectivity index (χ4n) is 1.94. The highest BCUT2D eigenvalue weighted by Gasteiger charge is 2.56. The average molecular weight is 163 g/mol. The van der Waals surface area contributed by atoms with Gasteiger partial charge in [-0.1, -0.05) is 0 Å². The number of halogens is 1. The van der Waals surface area contributed by atoms with Crippen molar-refractivity contribution in [3.05, 3.63) is 0 Å². The van der Waals surface area contributed by atoms with Crippen LogP contribution in [0.2, 0.25) is 0 Å². The number of hydrogen-bond donors (Lipinski definition) is 2. The summed E-state index contributed by atoms with van der Waals surface area (Å²) >= 11 is 5.85. The summed E-state index contributed by atoms with van der Waals surface area (Å²) in [4.78, 5) is 0. The summed E-state index contributed by atoms with van der Waals surface area (Å²) in [5.74, 6) is 0.672. The number of aliphatic hydroxyl groups is 2. The van der Waals surface area contributed by atoms with Gasteiger partial charge in [0.1, 0.15) is 0 Å². The molecule has 58 valence electrons. The van der Waals surface area contributed by atoms with Crippen molar-refractivity contribution in [1.82, 2.24) is 0 Å². The van der Waals surface area contributed by atoms with E-state index < -0.39 is 12.2 Å². The van der Waals surface area contributed by atoms with Crippen LogP contribution < -0.4 is 0 Å².